The Morgan fingerprint density at radius 3 is 1.26 bits per heavy atom. The van der Waals surface area contributed by atoms with Crippen molar-refractivity contribution >= 4 is 54.4 Å². The van der Waals surface area contributed by atoms with Gasteiger partial charge in [-0.3, -0.25) is 0 Å². The van der Waals surface area contributed by atoms with Gasteiger partial charge in [0.1, 0.15) is 0 Å². The Bertz CT molecular complexity index is 3770. The van der Waals surface area contributed by atoms with E-state index in [9.17, 15) is 0 Å². The Balaban J connectivity index is 0.953. The molecule has 0 saturated heterocycles. The van der Waals surface area contributed by atoms with E-state index in [-0.39, 0.29) is 0 Å². The summed E-state index contributed by atoms with van der Waals surface area (Å²) in [5.41, 5.74) is 19.9. The van der Waals surface area contributed by atoms with Gasteiger partial charge in [0.2, 0.25) is 0 Å². The number of rotatable bonds is 3. The van der Waals surface area contributed by atoms with Crippen LogP contribution in [0.25, 0.3) is 99.1 Å². The van der Waals surface area contributed by atoms with Crippen molar-refractivity contribution in [2.45, 2.75) is 5.41 Å². The Labute approximate surface area is 352 Å². The maximum Gasteiger partial charge on any atom is 0.0726 e. The first-order valence-electron chi connectivity index (χ1n) is 21.3. The molecule has 0 amide bonds. The molecule has 0 unspecified atom stereocenters. The molecular formula is C59H36N2. The smallest absolute Gasteiger partial charge is 0.0726 e. The molecule has 2 heteroatoms. The van der Waals surface area contributed by atoms with Gasteiger partial charge in [-0.2, -0.15) is 0 Å². The Morgan fingerprint density at radius 1 is 0.262 bits per heavy atom. The van der Waals surface area contributed by atoms with Crippen molar-refractivity contribution < 1.29 is 0 Å². The van der Waals surface area contributed by atoms with Gasteiger partial charge in [0.05, 0.1) is 27.5 Å². The standard InChI is InChI=1S/C59H36N2/c1-2-14-38-33-41(28-25-37(38)13-1)60-55-23-11-6-18-47(55)49-34-39(26-31-57(49)60)40-27-32-58-50(35-40)48-19-7-12-24-56(48)61(58)42-29-30-46-45-17-5-10-22-53(45)59(54(46)36-42)51-20-8-3-15-43(51)44-16-4-9-21-52(44)59/h1-36H. The van der Waals surface area contributed by atoms with Crippen molar-refractivity contribution in [1.82, 2.24) is 9.13 Å². The summed E-state index contributed by atoms with van der Waals surface area (Å²) in [6.07, 6.45) is 0. The predicted octanol–water partition coefficient (Wildman–Crippen LogP) is 15.0. The Kier molecular flexibility index (Phi) is 6.52. The highest BCUT2D eigenvalue weighted by molar-refractivity contribution is 6.13. The quantitative estimate of drug-likeness (QED) is 0.169. The average molecular weight is 773 g/mol. The van der Waals surface area contributed by atoms with E-state index in [0.29, 0.717) is 0 Å². The third kappa shape index (κ3) is 4.31. The zero-order valence-electron chi connectivity index (χ0n) is 33.2. The molecule has 2 aliphatic carbocycles. The summed E-state index contributed by atoms with van der Waals surface area (Å²) in [5.74, 6) is 0. The van der Waals surface area contributed by atoms with Gasteiger partial charge in [-0.1, -0.05) is 158 Å². The highest BCUT2D eigenvalue weighted by Gasteiger charge is 2.51. The van der Waals surface area contributed by atoms with E-state index < -0.39 is 5.41 Å². The molecule has 12 aromatic rings. The predicted molar refractivity (Wildman–Crippen MR) is 254 cm³/mol. The van der Waals surface area contributed by atoms with Crippen LogP contribution in [0, 0.1) is 0 Å². The fourth-order valence-electron chi connectivity index (χ4n) is 11.4. The largest absolute Gasteiger partial charge is 0.309 e. The molecule has 2 aliphatic rings. The van der Waals surface area contributed by atoms with E-state index >= 15 is 0 Å². The average Bonchev–Trinajstić information content (AvgIpc) is 4.03. The van der Waals surface area contributed by atoms with Crippen LogP contribution in [0.15, 0.2) is 218 Å². The van der Waals surface area contributed by atoms with Crippen LogP contribution in [0.1, 0.15) is 22.3 Å². The summed E-state index contributed by atoms with van der Waals surface area (Å²) >= 11 is 0. The van der Waals surface area contributed by atoms with Gasteiger partial charge in [0, 0.05) is 32.9 Å². The molecule has 0 fully saturated rings. The SMILES string of the molecule is c1ccc2c(c1)-c1ccccc1C21c2ccccc2-c2ccc(-n3c4ccccc4c4cc(-c5ccc6c(c5)c5ccccc5n6-c5ccc6ccccc6c5)ccc43)cc21. The molecule has 0 aliphatic heterocycles. The van der Waals surface area contributed by atoms with Crippen LogP contribution in [-0.4, -0.2) is 9.13 Å². The molecule has 0 N–H and O–H groups in total. The summed E-state index contributed by atoms with van der Waals surface area (Å²) in [6, 6.07) is 81.6. The van der Waals surface area contributed by atoms with Gasteiger partial charge in [-0.05, 0) is 127 Å². The highest BCUT2D eigenvalue weighted by atomic mass is 15.0. The lowest BCUT2D eigenvalue weighted by Crippen LogP contribution is -2.26. The van der Waals surface area contributed by atoms with Crippen LogP contribution in [0.5, 0.6) is 0 Å². The number of para-hydroxylation sites is 2. The molecule has 2 aromatic heterocycles. The first-order valence-corrected chi connectivity index (χ1v) is 21.3. The molecule has 0 atom stereocenters. The lowest BCUT2D eigenvalue weighted by molar-refractivity contribution is 0.792. The maximum absolute atomic E-state index is 2.49. The first kappa shape index (κ1) is 33.0. The first-order chi connectivity index (χ1) is 30.3. The van der Waals surface area contributed by atoms with E-state index in [1.807, 2.05) is 0 Å². The molecule has 10 aromatic carbocycles. The van der Waals surface area contributed by atoms with Crippen molar-refractivity contribution in [3.8, 4) is 44.8 Å². The number of aromatic nitrogens is 2. The van der Waals surface area contributed by atoms with Crippen LogP contribution in [0.4, 0.5) is 0 Å². The van der Waals surface area contributed by atoms with Gasteiger partial charge < -0.3 is 9.13 Å². The van der Waals surface area contributed by atoms with E-state index in [2.05, 4.69) is 228 Å². The highest BCUT2D eigenvalue weighted by Crippen LogP contribution is 2.63. The minimum atomic E-state index is -0.392. The molecule has 1 spiro atoms. The van der Waals surface area contributed by atoms with Crippen LogP contribution in [-0.2, 0) is 5.41 Å². The second-order valence-corrected chi connectivity index (χ2v) is 16.8. The number of fused-ring (bicyclic) bond motifs is 17. The summed E-state index contributed by atoms with van der Waals surface area (Å²) in [5, 5.41) is 7.52. The van der Waals surface area contributed by atoms with Crippen molar-refractivity contribution in [3.05, 3.63) is 241 Å². The lowest BCUT2D eigenvalue weighted by atomic mass is 9.70. The lowest BCUT2D eigenvalue weighted by Gasteiger charge is -2.30. The van der Waals surface area contributed by atoms with E-state index in [0.717, 1.165) is 0 Å². The fourth-order valence-corrected chi connectivity index (χ4v) is 11.4. The molecule has 61 heavy (non-hydrogen) atoms. The van der Waals surface area contributed by atoms with Crippen molar-refractivity contribution in [2.75, 3.05) is 0 Å². The molecular weight excluding hydrogens is 737 g/mol. The van der Waals surface area contributed by atoms with Crippen LogP contribution >= 0.6 is 0 Å². The number of hydrogen-bond acceptors (Lipinski definition) is 0. The second kappa shape index (κ2) is 12.1. The van der Waals surface area contributed by atoms with Gasteiger partial charge >= 0.3 is 0 Å². The zero-order chi connectivity index (χ0) is 39.8. The van der Waals surface area contributed by atoms with Crippen LogP contribution in [0.2, 0.25) is 0 Å². The third-order valence-electron chi connectivity index (χ3n) is 13.9. The van der Waals surface area contributed by atoms with Crippen molar-refractivity contribution in [2.24, 2.45) is 0 Å². The van der Waals surface area contributed by atoms with Gasteiger partial charge in [0.25, 0.3) is 0 Å². The van der Waals surface area contributed by atoms with Crippen LogP contribution < -0.4 is 0 Å². The fraction of sp³-hybridized carbons (Fsp3) is 0.0169. The summed E-state index contributed by atoms with van der Waals surface area (Å²) in [6.45, 7) is 0. The number of benzene rings is 10. The third-order valence-corrected chi connectivity index (χ3v) is 13.9. The number of nitrogens with zero attached hydrogens (tertiary/aromatic N) is 2. The van der Waals surface area contributed by atoms with E-state index in [1.165, 1.54) is 121 Å². The van der Waals surface area contributed by atoms with Crippen LogP contribution in [0.3, 0.4) is 0 Å². The molecule has 0 saturated carbocycles. The summed E-state index contributed by atoms with van der Waals surface area (Å²) in [7, 11) is 0. The summed E-state index contributed by atoms with van der Waals surface area (Å²) in [4.78, 5) is 0. The maximum atomic E-state index is 2.49. The molecule has 0 radical (unpaired) electrons. The van der Waals surface area contributed by atoms with Gasteiger partial charge in [-0.25, -0.2) is 0 Å². The molecule has 0 bridgehead atoms. The van der Waals surface area contributed by atoms with Gasteiger partial charge in [0.15, 0.2) is 0 Å². The van der Waals surface area contributed by atoms with E-state index in [1.54, 1.807) is 0 Å². The molecule has 282 valence electrons. The Hall–Kier alpha value is -7.94. The monoisotopic (exact) mass is 772 g/mol. The van der Waals surface area contributed by atoms with Gasteiger partial charge in [-0.15, -0.1) is 0 Å². The molecule has 2 heterocycles. The molecule has 14 rings (SSSR count). The molecule has 2 nitrogen and oxygen atoms in total. The number of hydrogen-bond donors (Lipinski definition) is 0. The van der Waals surface area contributed by atoms with E-state index in [4.69, 9.17) is 0 Å². The topological polar surface area (TPSA) is 9.86 Å². The minimum absolute atomic E-state index is 0.392. The second-order valence-electron chi connectivity index (χ2n) is 16.8. The van der Waals surface area contributed by atoms with Crippen molar-refractivity contribution in [3.63, 3.8) is 0 Å². The zero-order valence-corrected chi connectivity index (χ0v) is 33.2. The normalized spacial score (nSPS) is 13.4. The van der Waals surface area contributed by atoms with Crippen molar-refractivity contribution in [1.29, 1.82) is 0 Å². The minimum Gasteiger partial charge on any atom is -0.309 e. The Morgan fingerprint density at radius 2 is 0.689 bits per heavy atom. The summed E-state index contributed by atoms with van der Waals surface area (Å²) < 4.78 is 4.90.